The SMILES string of the molecule is Cc1nc2c(c(C)c1C#N)CC[C@H]2Nc1ccc2[nH]nc(-c3cnco3)c2c1. The third-order valence-corrected chi connectivity index (χ3v) is 5.48. The first-order valence-electron chi connectivity index (χ1n) is 9.19. The zero-order chi connectivity index (χ0) is 19.3. The van der Waals surface area contributed by atoms with E-state index in [4.69, 9.17) is 9.40 Å². The summed E-state index contributed by atoms with van der Waals surface area (Å²) in [6.07, 6.45) is 4.94. The van der Waals surface area contributed by atoms with E-state index in [1.807, 2.05) is 26.0 Å². The van der Waals surface area contributed by atoms with Gasteiger partial charge < -0.3 is 9.73 Å². The van der Waals surface area contributed by atoms with Crippen LogP contribution in [0.5, 0.6) is 0 Å². The number of nitriles is 1. The molecular weight excluding hydrogens is 352 g/mol. The predicted molar refractivity (Wildman–Crippen MR) is 105 cm³/mol. The molecule has 0 saturated heterocycles. The third kappa shape index (κ3) is 2.46. The van der Waals surface area contributed by atoms with Gasteiger partial charge in [-0.3, -0.25) is 10.1 Å². The summed E-state index contributed by atoms with van der Waals surface area (Å²) in [5.41, 5.74) is 7.49. The minimum absolute atomic E-state index is 0.123. The number of aromatic amines is 1. The molecule has 0 bridgehead atoms. The number of fused-ring (bicyclic) bond motifs is 2. The Morgan fingerprint density at radius 2 is 2.21 bits per heavy atom. The summed E-state index contributed by atoms with van der Waals surface area (Å²) in [5, 5.41) is 21.4. The van der Waals surface area contributed by atoms with Gasteiger partial charge in [0.25, 0.3) is 0 Å². The number of nitrogens with zero attached hydrogens (tertiary/aromatic N) is 4. The van der Waals surface area contributed by atoms with Gasteiger partial charge in [0.1, 0.15) is 11.8 Å². The topological polar surface area (TPSA) is 103 Å². The molecule has 7 heteroatoms. The molecule has 0 fully saturated rings. The number of H-pyrrole nitrogens is 1. The number of pyridine rings is 1. The molecule has 5 rings (SSSR count). The maximum Gasteiger partial charge on any atom is 0.181 e. The van der Waals surface area contributed by atoms with Crippen LogP contribution in [0, 0.1) is 25.2 Å². The van der Waals surface area contributed by atoms with Crippen LogP contribution in [0.3, 0.4) is 0 Å². The van der Waals surface area contributed by atoms with Crippen LogP contribution in [0.2, 0.25) is 0 Å². The van der Waals surface area contributed by atoms with Crippen molar-refractivity contribution >= 4 is 16.6 Å². The molecule has 4 aromatic rings. The van der Waals surface area contributed by atoms with Crippen LogP contribution >= 0.6 is 0 Å². The summed E-state index contributed by atoms with van der Waals surface area (Å²) < 4.78 is 5.40. The average molecular weight is 370 g/mol. The Morgan fingerprint density at radius 3 is 3.00 bits per heavy atom. The number of hydrogen-bond donors (Lipinski definition) is 2. The van der Waals surface area contributed by atoms with E-state index in [0.29, 0.717) is 11.3 Å². The van der Waals surface area contributed by atoms with E-state index in [1.165, 1.54) is 12.0 Å². The van der Waals surface area contributed by atoms with Crippen molar-refractivity contribution in [1.82, 2.24) is 20.2 Å². The summed E-state index contributed by atoms with van der Waals surface area (Å²) in [6.45, 7) is 3.93. The molecule has 7 nitrogen and oxygen atoms in total. The highest BCUT2D eigenvalue weighted by Gasteiger charge is 2.28. The molecule has 138 valence electrons. The molecule has 1 aliphatic carbocycles. The van der Waals surface area contributed by atoms with E-state index in [9.17, 15) is 5.26 Å². The van der Waals surface area contributed by atoms with Gasteiger partial charge in [0.2, 0.25) is 0 Å². The summed E-state index contributed by atoms with van der Waals surface area (Å²) in [5.74, 6) is 0.631. The van der Waals surface area contributed by atoms with Gasteiger partial charge >= 0.3 is 0 Å². The van der Waals surface area contributed by atoms with Gasteiger partial charge in [0, 0.05) is 11.1 Å². The standard InChI is InChI=1S/C21H18N6O/c1-11-14-4-6-18(20(14)24-12(2)16(11)8-22)25-13-3-5-17-15(7-13)21(27-26-17)19-9-23-10-28-19/h3,5,7,9-10,18,25H,4,6H2,1-2H3,(H,26,27)/t18-/m1/s1. The van der Waals surface area contributed by atoms with Gasteiger partial charge in [-0.25, -0.2) is 4.98 Å². The molecule has 0 unspecified atom stereocenters. The number of oxazole rings is 1. The number of hydrogen-bond acceptors (Lipinski definition) is 6. The first kappa shape index (κ1) is 16.5. The van der Waals surface area contributed by atoms with Crippen LogP contribution in [-0.2, 0) is 6.42 Å². The molecule has 0 spiro atoms. The van der Waals surface area contributed by atoms with Crippen molar-refractivity contribution in [2.75, 3.05) is 5.32 Å². The van der Waals surface area contributed by atoms with Crippen molar-refractivity contribution < 1.29 is 4.42 Å². The Labute approximate surface area is 161 Å². The second-order valence-corrected chi connectivity index (χ2v) is 7.11. The van der Waals surface area contributed by atoms with E-state index in [-0.39, 0.29) is 6.04 Å². The Hall–Kier alpha value is -3.66. The number of benzene rings is 1. The lowest BCUT2D eigenvalue weighted by Crippen LogP contribution is -2.10. The smallest absolute Gasteiger partial charge is 0.181 e. The first-order chi connectivity index (χ1) is 13.7. The molecule has 0 amide bonds. The van der Waals surface area contributed by atoms with Crippen molar-refractivity contribution in [3.05, 3.63) is 58.9 Å². The molecule has 0 aliphatic heterocycles. The summed E-state index contributed by atoms with van der Waals surface area (Å²) in [6, 6.07) is 8.51. The monoisotopic (exact) mass is 370 g/mol. The normalized spacial score (nSPS) is 15.5. The maximum absolute atomic E-state index is 9.39. The van der Waals surface area contributed by atoms with E-state index in [0.717, 1.165) is 52.1 Å². The van der Waals surface area contributed by atoms with Crippen molar-refractivity contribution in [3.63, 3.8) is 0 Å². The Kier molecular flexibility index (Phi) is 3.66. The summed E-state index contributed by atoms with van der Waals surface area (Å²) >= 11 is 0. The average Bonchev–Trinajstić information content (AvgIpc) is 3.42. The van der Waals surface area contributed by atoms with Gasteiger partial charge in [-0.2, -0.15) is 10.4 Å². The van der Waals surface area contributed by atoms with Crippen molar-refractivity contribution in [1.29, 1.82) is 5.26 Å². The minimum atomic E-state index is 0.123. The van der Waals surface area contributed by atoms with E-state index in [1.54, 1.807) is 6.20 Å². The Balaban J connectivity index is 1.51. The second-order valence-electron chi connectivity index (χ2n) is 7.11. The van der Waals surface area contributed by atoms with Crippen LogP contribution in [0.15, 0.2) is 35.2 Å². The van der Waals surface area contributed by atoms with Crippen LogP contribution in [0.1, 0.15) is 40.5 Å². The molecule has 3 aromatic heterocycles. The zero-order valence-corrected chi connectivity index (χ0v) is 15.6. The molecule has 1 aromatic carbocycles. The van der Waals surface area contributed by atoms with Crippen LogP contribution in [0.4, 0.5) is 5.69 Å². The third-order valence-electron chi connectivity index (χ3n) is 5.48. The molecule has 3 heterocycles. The molecule has 28 heavy (non-hydrogen) atoms. The predicted octanol–water partition coefficient (Wildman–Crippen LogP) is 4.20. The summed E-state index contributed by atoms with van der Waals surface area (Å²) in [4.78, 5) is 8.73. The summed E-state index contributed by atoms with van der Waals surface area (Å²) in [7, 11) is 0. The van der Waals surface area contributed by atoms with E-state index < -0.39 is 0 Å². The minimum Gasteiger partial charge on any atom is -0.442 e. The quantitative estimate of drug-likeness (QED) is 0.560. The van der Waals surface area contributed by atoms with Gasteiger partial charge in [-0.1, -0.05) is 0 Å². The number of nitrogens with one attached hydrogen (secondary N) is 2. The highest BCUT2D eigenvalue weighted by Crippen LogP contribution is 2.37. The Bertz CT molecular complexity index is 1230. The lowest BCUT2D eigenvalue weighted by molar-refractivity contribution is 0.570. The first-order valence-corrected chi connectivity index (χ1v) is 9.19. The van der Waals surface area contributed by atoms with Crippen molar-refractivity contribution in [2.24, 2.45) is 0 Å². The van der Waals surface area contributed by atoms with Gasteiger partial charge in [-0.05, 0) is 56.0 Å². The highest BCUT2D eigenvalue weighted by molar-refractivity contribution is 5.93. The lowest BCUT2D eigenvalue weighted by atomic mass is 10.0. The number of aryl methyl sites for hydroxylation is 1. The fourth-order valence-corrected chi connectivity index (χ4v) is 4.08. The fourth-order valence-electron chi connectivity index (χ4n) is 4.08. The van der Waals surface area contributed by atoms with E-state index >= 15 is 0 Å². The molecule has 1 aliphatic rings. The maximum atomic E-state index is 9.39. The van der Waals surface area contributed by atoms with Gasteiger partial charge in [-0.15, -0.1) is 0 Å². The van der Waals surface area contributed by atoms with Crippen LogP contribution in [-0.4, -0.2) is 20.2 Å². The number of aromatic nitrogens is 4. The second kappa shape index (κ2) is 6.20. The van der Waals surface area contributed by atoms with Crippen LogP contribution in [0.25, 0.3) is 22.4 Å². The number of anilines is 1. The highest BCUT2D eigenvalue weighted by atomic mass is 16.3. The largest absolute Gasteiger partial charge is 0.442 e. The van der Waals surface area contributed by atoms with Gasteiger partial charge in [0.05, 0.1) is 34.7 Å². The molecule has 2 N–H and O–H groups in total. The number of rotatable bonds is 3. The Morgan fingerprint density at radius 1 is 1.32 bits per heavy atom. The lowest BCUT2D eigenvalue weighted by Gasteiger charge is -2.16. The van der Waals surface area contributed by atoms with Crippen molar-refractivity contribution in [2.45, 2.75) is 32.7 Å². The molecular formula is C21H18N6O. The van der Waals surface area contributed by atoms with E-state index in [2.05, 4.69) is 32.6 Å². The van der Waals surface area contributed by atoms with Gasteiger partial charge in [0.15, 0.2) is 12.2 Å². The molecule has 1 atom stereocenters. The molecule has 0 radical (unpaired) electrons. The molecule has 0 saturated carbocycles. The fraction of sp³-hybridized carbons (Fsp3) is 0.238. The van der Waals surface area contributed by atoms with Crippen molar-refractivity contribution in [3.8, 4) is 17.5 Å². The zero-order valence-electron chi connectivity index (χ0n) is 15.6. The van der Waals surface area contributed by atoms with Crippen LogP contribution < -0.4 is 5.32 Å².